The number of aromatic nitrogens is 2. The zero-order valence-electron chi connectivity index (χ0n) is 8.57. The molecule has 2 aromatic heterocycles. The van der Waals surface area contributed by atoms with Crippen LogP contribution in [-0.4, -0.2) is 9.78 Å². The first kappa shape index (κ1) is 10.9. The van der Waals surface area contributed by atoms with E-state index in [2.05, 4.69) is 21.0 Å². The molecule has 2 heterocycles. The monoisotopic (exact) mass is 285 g/mol. The van der Waals surface area contributed by atoms with Crippen LogP contribution in [0, 0.1) is 6.92 Å². The Kier molecular flexibility index (Phi) is 2.95. The van der Waals surface area contributed by atoms with Crippen LogP contribution in [0.2, 0.25) is 0 Å². The smallest absolute Gasteiger partial charge is 0.0691 e. The molecule has 1 unspecified atom stereocenters. The summed E-state index contributed by atoms with van der Waals surface area (Å²) in [6.45, 7) is 2.03. The van der Waals surface area contributed by atoms with E-state index in [0.29, 0.717) is 0 Å². The summed E-state index contributed by atoms with van der Waals surface area (Å²) in [5.74, 6) is 0. The van der Waals surface area contributed by atoms with Crippen LogP contribution in [0.3, 0.4) is 0 Å². The van der Waals surface area contributed by atoms with Gasteiger partial charge in [-0.3, -0.25) is 4.68 Å². The highest BCUT2D eigenvalue weighted by atomic mass is 79.9. The number of nitrogens with two attached hydrogens (primary N) is 1. The van der Waals surface area contributed by atoms with Crippen molar-refractivity contribution in [3.63, 3.8) is 0 Å². The second kappa shape index (κ2) is 4.08. The first-order valence-corrected chi connectivity index (χ1v) is 6.25. The molecule has 3 nitrogen and oxygen atoms in total. The zero-order chi connectivity index (χ0) is 11.0. The van der Waals surface area contributed by atoms with Crippen LogP contribution in [0.1, 0.15) is 22.2 Å². The van der Waals surface area contributed by atoms with Crippen LogP contribution in [0.5, 0.6) is 0 Å². The van der Waals surface area contributed by atoms with Gasteiger partial charge in [-0.05, 0) is 34.3 Å². The minimum Gasteiger partial charge on any atom is -0.319 e. The topological polar surface area (TPSA) is 43.8 Å². The SMILES string of the molecule is Cc1c(C(N)c2sccc2Br)cnn1C. The summed E-state index contributed by atoms with van der Waals surface area (Å²) in [6.07, 6.45) is 1.84. The molecule has 1 atom stereocenters. The van der Waals surface area contributed by atoms with Crippen molar-refractivity contribution in [2.24, 2.45) is 12.8 Å². The predicted molar refractivity (Wildman–Crippen MR) is 66.0 cm³/mol. The second-order valence-corrected chi connectivity index (χ2v) is 5.22. The van der Waals surface area contributed by atoms with E-state index < -0.39 is 0 Å². The molecule has 0 spiro atoms. The Bertz CT molecular complexity index is 475. The third-order valence-electron chi connectivity index (χ3n) is 2.54. The zero-order valence-corrected chi connectivity index (χ0v) is 11.0. The van der Waals surface area contributed by atoms with Crippen LogP contribution >= 0.6 is 27.3 Å². The largest absolute Gasteiger partial charge is 0.319 e. The van der Waals surface area contributed by atoms with Gasteiger partial charge in [-0.15, -0.1) is 11.3 Å². The molecule has 2 aromatic rings. The van der Waals surface area contributed by atoms with E-state index in [-0.39, 0.29) is 6.04 Å². The Morgan fingerprint density at radius 2 is 2.33 bits per heavy atom. The van der Waals surface area contributed by atoms with Crippen molar-refractivity contribution in [3.8, 4) is 0 Å². The van der Waals surface area contributed by atoms with E-state index in [9.17, 15) is 0 Å². The molecular formula is C10H12BrN3S. The van der Waals surface area contributed by atoms with Crippen LogP contribution < -0.4 is 5.73 Å². The molecule has 15 heavy (non-hydrogen) atoms. The van der Waals surface area contributed by atoms with E-state index in [1.807, 2.05) is 36.3 Å². The van der Waals surface area contributed by atoms with Gasteiger partial charge in [-0.1, -0.05) is 0 Å². The maximum atomic E-state index is 6.20. The van der Waals surface area contributed by atoms with Gasteiger partial charge < -0.3 is 5.73 Å². The number of hydrogen-bond acceptors (Lipinski definition) is 3. The standard InChI is InChI=1S/C10H12BrN3S/c1-6-7(5-13-14(6)2)9(12)10-8(11)3-4-15-10/h3-5,9H,12H2,1-2H3. The van der Waals surface area contributed by atoms with Crippen LogP contribution in [-0.2, 0) is 7.05 Å². The van der Waals surface area contributed by atoms with Gasteiger partial charge in [0.1, 0.15) is 0 Å². The fourth-order valence-electron chi connectivity index (χ4n) is 1.49. The summed E-state index contributed by atoms with van der Waals surface area (Å²) in [6, 6.07) is 1.93. The number of hydrogen-bond donors (Lipinski definition) is 1. The lowest BCUT2D eigenvalue weighted by molar-refractivity contribution is 0.734. The first-order chi connectivity index (χ1) is 7.11. The summed E-state index contributed by atoms with van der Waals surface area (Å²) in [7, 11) is 1.93. The fraction of sp³-hybridized carbons (Fsp3) is 0.300. The molecule has 0 bridgehead atoms. The lowest BCUT2D eigenvalue weighted by Gasteiger charge is -2.09. The Hall–Kier alpha value is -0.650. The number of aryl methyl sites for hydroxylation is 1. The van der Waals surface area contributed by atoms with Gasteiger partial charge in [-0.2, -0.15) is 5.10 Å². The molecule has 0 aliphatic heterocycles. The number of thiophene rings is 1. The van der Waals surface area contributed by atoms with E-state index >= 15 is 0 Å². The average molecular weight is 286 g/mol. The molecule has 0 radical (unpaired) electrons. The quantitative estimate of drug-likeness (QED) is 0.922. The van der Waals surface area contributed by atoms with Gasteiger partial charge in [0.15, 0.2) is 0 Å². The maximum Gasteiger partial charge on any atom is 0.0691 e. The number of rotatable bonds is 2. The molecule has 0 saturated carbocycles. The van der Waals surface area contributed by atoms with Gasteiger partial charge in [0.05, 0.1) is 12.2 Å². The molecule has 2 N–H and O–H groups in total. The third kappa shape index (κ3) is 1.87. The van der Waals surface area contributed by atoms with Gasteiger partial charge >= 0.3 is 0 Å². The van der Waals surface area contributed by atoms with Crippen molar-refractivity contribution in [1.29, 1.82) is 0 Å². The summed E-state index contributed by atoms with van der Waals surface area (Å²) in [5.41, 5.74) is 8.40. The van der Waals surface area contributed by atoms with Gasteiger partial charge in [0.2, 0.25) is 0 Å². The van der Waals surface area contributed by atoms with Crippen molar-refractivity contribution in [3.05, 3.63) is 38.3 Å². The Morgan fingerprint density at radius 1 is 1.60 bits per heavy atom. The normalized spacial score (nSPS) is 13.1. The van der Waals surface area contributed by atoms with Gasteiger partial charge in [0.25, 0.3) is 0 Å². The van der Waals surface area contributed by atoms with E-state index in [0.717, 1.165) is 20.6 Å². The first-order valence-electron chi connectivity index (χ1n) is 4.58. The lowest BCUT2D eigenvalue weighted by Crippen LogP contribution is -2.11. The highest BCUT2D eigenvalue weighted by Crippen LogP contribution is 2.32. The van der Waals surface area contributed by atoms with Crippen molar-refractivity contribution >= 4 is 27.3 Å². The van der Waals surface area contributed by atoms with Crippen LogP contribution in [0.4, 0.5) is 0 Å². The lowest BCUT2D eigenvalue weighted by atomic mass is 10.1. The summed E-state index contributed by atoms with van der Waals surface area (Å²) in [5, 5.41) is 6.24. The molecular weight excluding hydrogens is 274 g/mol. The number of halogens is 1. The maximum absolute atomic E-state index is 6.20. The second-order valence-electron chi connectivity index (χ2n) is 3.42. The van der Waals surface area contributed by atoms with Crippen molar-refractivity contribution in [2.75, 3.05) is 0 Å². The molecule has 5 heteroatoms. The third-order valence-corrected chi connectivity index (χ3v) is 4.49. The molecule has 80 valence electrons. The summed E-state index contributed by atoms with van der Waals surface area (Å²) in [4.78, 5) is 1.14. The minimum absolute atomic E-state index is 0.0897. The van der Waals surface area contributed by atoms with Crippen LogP contribution in [0.25, 0.3) is 0 Å². The summed E-state index contributed by atoms with van der Waals surface area (Å²) >= 11 is 5.16. The molecule has 0 saturated heterocycles. The molecule has 0 aromatic carbocycles. The van der Waals surface area contributed by atoms with Crippen LogP contribution in [0.15, 0.2) is 22.1 Å². The van der Waals surface area contributed by atoms with Gasteiger partial charge in [0, 0.05) is 27.7 Å². The predicted octanol–water partition coefficient (Wildman–Crippen LogP) is 2.60. The molecule has 2 rings (SSSR count). The number of nitrogens with zero attached hydrogens (tertiary/aromatic N) is 2. The molecule has 0 aliphatic rings. The molecule has 0 amide bonds. The molecule has 0 fully saturated rings. The highest BCUT2D eigenvalue weighted by molar-refractivity contribution is 9.10. The Balaban J connectivity index is 2.41. The van der Waals surface area contributed by atoms with E-state index in [1.54, 1.807) is 11.3 Å². The molecule has 0 aliphatic carbocycles. The Labute approximate surface area is 101 Å². The Morgan fingerprint density at radius 3 is 2.80 bits per heavy atom. The van der Waals surface area contributed by atoms with Crippen molar-refractivity contribution < 1.29 is 0 Å². The van der Waals surface area contributed by atoms with E-state index in [1.165, 1.54) is 0 Å². The summed E-state index contributed by atoms with van der Waals surface area (Å²) < 4.78 is 2.92. The highest BCUT2D eigenvalue weighted by Gasteiger charge is 2.17. The van der Waals surface area contributed by atoms with Gasteiger partial charge in [-0.25, -0.2) is 0 Å². The van der Waals surface area contributed by atoms with Crippen molar-refractivity contribution in [1.82, 2.24) is 9.78 Å². The minimum atomic E-state index is -0.0897. The average Bonchev–Trinajstić information content (AvgIpc) is 2.75. The van der Waals surface area contributed by atoms with E-state index in [4.69, 9.17) is 5.73 Å². The van der Waals surface area contributed by atoms with Crippen molar-refractivity contribution in [2.45, 2.75) is 13.0 Å². The fourth-order valence-corrected chi connectivity index (χ4v) is 3.13.